The second-order valence-electron chi connectivity index (χ2n) is 7.30. The first-order valence-electron chi connectivity index (χ1n) is 10.0. The largest absolute Gasteiger partial charge is 0.573 e. The first-order chi connectivity index (χ1) is 13.8. The average molecular weight is 416 g/mol. The van der Waals surface area contributed by atoms with Gasteiger partial charge in [0.05, 0.1) is 0 Å². The molecule has 0 amide bonds. The number of hydrogen-bond donors (Lipinski definition) is 2. The summed E-state index contributed by atoms with van der Waals surface area (Å²) in [7, 11) is 1.64. The molecule has 1 aromatic carbocycles. The molecule has 2 rings (SSSR count). The molecule has 0 aromatic heterocycles. The van der Waals surface area contributed by atoms with Crippen LogP contribution in [0.5, 0.6) is 5.75 Å². The van der Waals surface area contributed by atoms with Gasteiger partial charge in [0, 0.05) is 58.4 Å². The number of guanidine groups is 1. The second-order valence-corrected chi connectivity index (χ2v) is 7.30. The first kappa shape index (κ1) is 23.3. The lowest BCUT2D eigenvalue weighted by Crippen LogP contribution is -2.48. The molecule has 1 heterocycles. The van der Waals surface area contributed by atoms with Crippen molar-refractivity contribution in [3.05, 3.63) is 29.8 Å². The van der Waals surface area contributed by atoms with E-state index < -0.39 is 6.36 Å². The van der Waals surface area contributed by atoms with Crippen LogP contribution in [0.1, 0.15) is 19.4 Å². The molecular weight excluding hydrogens is 383 g/mol. The number of rotatable bonds is 8. The Kier molecular flexibility index (Phi) is 9.03. The molecule has 6 nitrogen and oxygen atoms in total. The van der Waals surface area contributed by atoms with Crippen LogP contribution in [0.2, 0.25) is 0 Å². The van der Waals surface area contributed by atoms with E-state index in [1.165, 1.54) is 12.1 Å². The molecule has 1 fully saturated rings. The second kappa shape index (κ2) is 11.3. The van der Waals surface area contributed by atoms with Gasteiger partial charge < -0.3 is 25.2 Å². The van der Waals surface area contributed by atoms with Crippen LogP contribution in [0.25, 0.3) is 0 Å². The predicted octanol–water partition coefficient (Wildman–Crippen LogP) is 2.52. The van der Waals surface area contributed by atoms with Gasteiger partial charge in [0.15, 0.2) is 5.96 Å². The maximum absolute atomic E-state index is 12.5. The number of nitrogens with zero attached hydrogens (tertiary/aromatic N) is 3. The van der Waals surface area contributed by atoms with Gasteiger partial charge >= 0.3 is 6.36 Å². The molecule has 0 bridgehead atoms. The van der Waals surface area contributed by atoms with Crippen LogP contribution >= 0.6 is 0 Å². The molecule has 1 saturated heterocycles. The number of benzene rings is 1. The van der Waals surface area contributed by atoms with Crippen molar-refractivity contribution in [2.75, 3.05) is 52.9 Å². The van der Waals surface area contributed by atoms with E-state index in [0.29, 0.717) is 17.4 Å². The van der Waals surface area contributed by atoms with E-state index in [1.807, 2.05) is 0 Å². The van der Waals surface area contributed by atoms with Crippen LogP contribution in [0.3, 0.4) is 0 Å². The Morgan fingerprint density at radius 3 is 2.41 bits per heavy atom. The minimum absolute atomic E-state index is 0.180. The third kappa shape index (κ3) is 8.49. The summed E-state index contributed by atoms with van der Waals surface area (Å²) in [5.41, 5.74) is 0.412. The van der Waals surface area contributed by atoms with Crippen molar-refractivity contribution in [2.24, 2.45) is 10.9 Å². The third-order valence-corrected chi connectivity index (χ3v) is 4.97. The Balaban J connectivity index is 1.77. The SMILES string of the molecule is CCN1CCN(CC(C)CNC(=NC)NCc2ccccc2OC(F)(F)F)CC1. The molecule has 0 aliphatic carbocycles. The lowest BCUT2D eigenvalue weighted by molar-refractivity contribution is -0.274. The first-order valence-corrected chi connectivity index (χ1v) is 10.0. The number of likely N-dealkylation sites (N-methyl/N-ethyl adjacent to an activating group) is 1. The lowest BCUT2D eigenvalue weighted by Gasteiger charge is -2.35. The highest BCUT2D eigenvalue weighted by atomic mass is 19.4. The van der Waals surface area contributed by atoms with E-state index in [1.54, 1.807) is 19.2 Å². The van der Waals surface area contributed by atoms with Crippen molar-refractivity contribution in [1.82, 2.24) is 20.4 Å². The molecular formula is C20H32F3N5O. The van der Waals surface area contributed by atoms with Crippen molar-refractivity contribution in [1.29, 1.82) is 0 Å². The topological polar surface area (TPSA) is 52.1 Å². The molecule has 9 heteroatoms. The zero-order valence-electron chi connectivity index (χ0n) is 17.4. The van der Waals surface area contributed by atoms with E-state index >= 15 is 0 Å². The van der Waals surface area contributed by atoms with Crippen molar-refractivity contribution in [3.63, 3.8) is 0 Å². The molecule has 2 N–H and O–H groups in total. The van der Waals surface area contributed by atoms with Gasteiger partial charge in [0.1, 0.15) is 5.75 Å². The van der Waals surface area contributed by atoms with Gasteiger partial charge in [-0.2, -0.15) is 0 Å². The van der Waals surface area contributed by atoms with Crippen molar-refractivity contribution in [3.8, 4) is 5.75 Å². The van der Waals surface area contributed by atoms with Gasteiger partial charge in [-0.05, 0) is 18.5 Å². The van der Waals surface area contributed by atoms with Gasteiger partial charge in [-0.1, -0.05) is 32.0 Å². The number of alkyl halides is 3. The highest BCUT2D eigenvalue weighted by molar-refractivity contribution is 5.79. The molecule has 1 atom stereocenters. The Morgan fingerprint density at radius 2 is 1.79 bits per heavy atom. The highest BCUT2D eigenvalue weighted by Gasteiger charge is 2.32. The van der Waals surface area contributed by atoms with Crippen LogP contribution in [0.15, 0.2) is 29.3 Å². The Morgan fingerprint density at radius 1 is 1.14 bits per heavy atom. The Labute approximate surface area is 171 Å². The number of ether oxygens (including phenoxy) is 1. The number of nitrogens with one attached hydrogen (secondary N) is 2. The standard InChI is InChI=1S/C20H32F3N5O/c1-4-27-9-11-28(12-10-27)15-16(2)13-25-19(24-3)26-14-17-7-5-6-8-18(17)29-20(21,22)23/h5-8,16H,4,9-15H2,1-3H3,(H2,24,25,26). The summed E-state index contributed by atoms with van der Waals surface area (Å²) < 4.78 is 41.7. The summed E-state index contributed by atoms with van der Waals surface area (Å²) in [5, 5.41) is 6.31. The average Bonchev–Trinajstić information content (AvgIpc) is 2.68. The minimum atomic E-state index is -4.71. The molecule has 1 aliphatic rings. The van der Waals surface area contributed by atoms with E-state index in [0.717, 1.165) is 45.8 Å². The van der Waals surface area contributed by atoms with Gasteiger partial charge in [-0.15, -0.1) is 13.2 Å². The third-order valence-electron chi connectivity index (χ3n) is 4.97. The monoisotopic (exact) mass is 415 g/mol. The summed E-state index contributed by atoms with van der Waals surface area (Å²) in [6.45, 7) is 11.8. The molecule has 0 spiro atoms. The fourth-order valence-electron chi connectivity index (χ4n) is 3.34. The smallest absolute Gasteiger partial charge is 0.405 e. The van der Waals surface area contributed by atoms with E-state index in [-0.39, 0.29) is 12.3 Å². The van der Waals surface area contributed by atoms with Crippen LogP contribution in [0, 0.1) is 5.92 Å². The Bertz CT molecular complexity index is 645. The quantitative estimate of drug-likeness (QED) is 0.505. The van der Waals surface area contributed by atoms with E-state index in [2.05, 4.69) is 44.0 Å². The number of aliphatic imine (C=N–C) groups is 1. The zero-order chi connectivity index (χ0) is 21.3. The van der Waals surface area contributed by atoms with E-state index in [9.17, 15) is 13.2 Å². The maximum Gasteiger partial charge on any atom is 0.573 e. The Hall–Kier alpha value is -2.00. The molecule has 29 heavy (non-hydrogen) atoms. The number of hydrogen-bond acceptors (Lipinski definition) is 4. The molecule has 1 unspecified atom stereocenters. The molecule has 1 aliphatic heterocycles. The van der Waals surface area contributed by atoms with Gasteiger partial charge in [-0.3, -0.25) is 4.99 Å². The molecule has 1 aromatic rings. The minimum Gasteiger partial charge on any atom is -0.405 e. The van der Waals surface area contributed by atoms with Crippen LogP contribution in [-0.4, -0.2) is 75.0 Å². The summed E-state index contributed by atoms with van der Waals surface area (Å²) in [5.74, 6) is 0.764. The predicted molar refractivity (Wildman–Crippen MR) is 109 cm³/mol. The molecule has 164 valence electrons. The van der Waals surface area contributed by atoms with Crippen LogP contribution in [-0.2, 0) is 6.54 Å². The summed E-state index contributed by atoms with van der Waals surface area (Å²) >= 11 is 0. The van der Waals surface area contributed by atoms with Gasteiger partial charge in [-0.25, -0.2) is 0 Å². The normalized spacial score (nSPS) is 17.8. The fourth-order valence-corrected chi connectivity index (χ4v) is 3.34. The molecule has 0 saturated carbocycles. The molecule has 0 radical (unpaired) electrons. The van der Waals surface area contributed by atoms with Crippen molar-refractivity contribution < 1.29 is 17.9 Å². The van der Waals surface area contributed by atoms with E-state index in [4.69, 9.17) is 0 Å². The number of halogens is 3. The number of piperazine rings is 1. The van der Waals surface area contributed by atoms with Gasteiger partial charge in [0.2, 0.25) is 0 Å². The maximum atomic E-state index is 12.5. The highest BCUT2D eigenvalue weighted by Crippen LogP contribution is 2.26. The van der Waals surface area contributed by atoms with Crippen LogP contribution < -0.4 is 15.4 Å². The zero-order valence-corrected chi connectivity index (χ0v) is 17.4. The summed E-state index contributed by atoms with van der Waals surface area (Å²) in [4.78, 5) is 9.08. The van der Waals surface area contributed by atoms with Gasteiger partial charge in [0.25, 0.3) is 0 Å². The van der Waals surface area contributed by atoms with Crippen LogP contribution in [0.4, 0.5) is 13.2 Å². The number of para-hydroxylation sites is 1. The fraction of sp³-hybridized carbons (Fsp3) is 0.650. The van der Waals surface area contributed by atoms with Crippen molar-refractivity contribution in [2.45, 2.75) is 26.8 Å². The lowest BCUT2D eigenvalue weighted by atomic mass is 10.1. The summed E-state index contributed by atoms with van der Waals surface area (Å²) in [6, 6.07) is 6.09. The summed E-state index contributed by atoms with van der Waals surface area (Å²) in [6.07, 6.45) is -4.71. The van der Waals surface area contributed by atoms with Crippen molar-refractivity contribution >= 4 is 5.96 Å².